The number of aromatic nitrogens is 1. The molecule has 6 nitrogen and oxygen atoms in total. The van der Waals surface area contributed by atoms with Gasteiger partial charge in [0.15, 0.2) is 0 Å². The summed E-state index contributed by atoms with van der Waals surface area (Å²) in [5.74, 6) is 3.59. The number of piperazine rings is 1. The van der Waals surface area contributed by atoms with Crippen LogP contribution in [-0.2, 0) is 9.59 Å². The van der Waals surface area contributed by atoms with Gasteiger partial charge in [0.25, 0.3) is 0 Å². The number of hydrogen-bond donors (Lipinski definition) is 0. The highest BCUT2D eigenvalue weighted by Crippen LogP contribution is 2.56. The largest absolute Gasteiger partial charge is 0.353 e. The third-order valence-electron chi connectivity index (χ3n) is 10.0. The molecular weight excluding hydrogens is 456 g/mol. The van der Waals surface area contributed by atoms with Crippen LogP contribution in [0.1, 0.15) is 44.9 Å². The Morgan fingerprint density at radius 2 is 1.49 bits per heavy atom. The lowest BCUT2D eigenvalue weighted by Crippen LogP contribution is -2.49. The van der Waals surface area contributed by atoms with E-state index in [4.69, 9.17) is 4.37 Å². The van der Waals surface area contributed by atoms with Gasteiger partial charge in [-0.1, -0.05) is 25.0 Å². The second-order valence-corrected chi connectivity index (χ2v) is 12.6. The van der Waals surface area contributed by atoms with Gasteiger partial charge in [-0.25, -0.2) is 0 Å². The Hall–Kier alpha value is -1.99. The molecular formula is C28H36N4O2S. The van der Waals surface area contributed by atoms with Gasteiger partial charge in [0.05, 0.1) is 16.5 Å². The van der Waals surface area contributed by atoms with E-state index in [0.29, 0.717) is 30.2 Å². The van der Waals surface area contributed by atoms with Crippen LogP contribution < -0.4 is 4.90 Å². The van der Waals surface area contributed by atoms with Gasteiger partial charge in [-0.15, -0.1) is 0 Å². The average Bonchev–Trinajstić information content (AvgIpc) is 3.66. The van der Waals surface area contributed by atoms with Crippen molar-refractivity contribution in [2.45, 2.75) is 44.9 Å². The van der Waals surface area contributed by atoms with E-state index in [1.165, 1.54) is 29.3 Å². The van der Waals surface area contributed by atoms with Gasteiger partial charge in [0.2, 0.25) is 11.8 Å². The van der Waals surface area contributed by atoms with Crippen LogP contribution in [-0.4, -0.2) is 65.3 Å². The maximum absolute atomic E-state index is 13.3. The molecule has 2 amide bonds. The molecule has 6 atom stereocenters. The number of imide groups is 1. The van der Waals surface area contributed by atoms with Gasteiger partial charge >= 0.3 is 0 Å². The molecule has 1 aromatic heterocycles. The van der Waals surface area contributed by atoms with Crippen molar-refractivity contribution < 1.29 is 9.59 Å². The molecule has 4 unspecified atom stereocenters. The molecule has 2 aromatic rings. The minimum Gasteiger partial charge on any atom is -0.353 e. The molecule has 3 heterocycles. The number of amides is 2. The van der Waals surface area contributed by atoms with Crippen molar-refractivity contribution in [3.63, 3.8) is 0 Å². The first kappa shape index (κ1) is 22.2. The Balaban J connectivity index is 0.986. The second-order valence-electron chi connectivity index (χ2n) is 11.8. The number of carbonyl (C=O) groups excluding carboxylic acids is 2. The first-order chi connectivity index (χ1) is 17.2. The molecule has 3 aliphatic carbocycles. The fourth-order valence-electron chi connectivity index (χ4n) is 8.22. The zero-order chi connectivity index (χ0) is 23.5. The number of nitrogens with zero attached hydrogens (tertiary/aromatic N) is 4. The summed E-state index contributed by atoms with van der Waals surface area (Å²) in [6.45, 7) is 5.93. The van der Waals surface area contributed by atoms with E-state index in [9.17, 15) is 9.59 Å². The molecule has 0 spiro atoms. The molecule has 3 saturated carbocycles. The van der Waals surface area contributed by atoms with Crippen LogP contribution in [0.15, 0.2) is 24.3 Å². The SMILES string of the molecule is O=C1C2C3CCC(C3)[C@H]2C(=O)N1CC1CCCC[C@H]1CN1CCN(c2nsc3ccccc23)CC1. The average molecular weight is 493 g/mol. The summed E-state index contributed by atoms with van der Waals surface area (Å²) in [7, 11) is 0. The molecule has 2 saturated heterocycles. The lowest BCUT2D eigenvalue weighted by atomic mass is 9.78. The topological polar surface area (TPSA) is 56.8 Å². The highest BCUT2D eigenvalue weighted by molar-refractivity contribution is 7.13. The number of benzene rings is 1. The number of anilines is 1. The maximum atomic E-state index is 13.3. The van der Waals surface area contributed by atoms with E-state index in [0.717, 1.165) is 64.2 Å². The third-order valence-corrected chi connectivity index (χ3v) is 10.8. The van der Waals surface area contributed by atoms with Gasteiger partial charge in [-0.05, 0) is 79.4 Å². The lowest BCUT2D eigenvalue weighted by molar-refractivity contribution is -0.142. The van der Waals surface area contributed by atoms with E-state index >= 15 is 0 Å². The number of carbonyl (C=O) groups is 2. The number of hydrogen-bond acceptors (Lipinski definition) is 6. The Morgan fingerprint density at radius 3 is 2.20 bits per heavy atom. The maximum Gasteiger partial charge on any atom is 0.233 e. The van der Waals surface area contributed by atoms with Crippen LogP contribution in [0.3, 0.4) is 0 Å². The van der Waals surface area contributed by atoms with Gasteiger partial charge in [-0.2, -0.15) is 4.37 Å². The number of likely N-dealkylation sites (tertiary alicyclic amines) is 1. The molecule has 0 N–H and O–H groups in total. The van der Waals surface area contributed by atoms with Crippen molar-refractivity contribution in [3.8, 4) is 0 Å². The molecule has 5 fully saturated rings. The van der Waals surface area contributed by atoms with Gasteiger partial charge < -0.3 is 4.90 Å². The van der Waals surface area contributed by atoms with Gasteiger partial charge in [-0.3, -0.25) is 19.4 Å². The van der Waals surface area contributed by atoms with Crippen molar-refractivity contribution in [3.05, 3.63) is 24.3 Å². The standard InChI is InChI=1S/C28H36N4O2S/c33-27-24-18-9-10-19(15-18)25(24)28(34)32(27)17-21-6-2-1-5-20(21)16-30-11-13-31(14-12-30)26-22-7-3-4-8-23(22)35-29-26/h3-4,7-8,18-21,24-25H,1-2,5-6,9-17H2/t18?,19?,20-,21?,24+,25?/m0/s1. The second kappa shape index (κ2) is 8.84. The van der Waals surface area contributed by atoms with Crippen LogP contribution in [0.25, 0.3) is 10.1 Å². The van der Waals surface area contributed by atoms with E-state index in [-0.39, 0.29) is 23.7 Å². The molecule has 7 rings (SSSR count). The molecule has 7 heteroatoms. The molecule has 1 aromatic carbocycles. The van der Waals surface area contributed by atoms with E-state index in [1.807, 2.05) is 0 Å². The van der Waals surface area contributed by atoms with Crippen LogP contribution >= 0.6 is 11.5 Å². The van der Waals surface area contributed by atoms with Crippen LogP contribution in [0.2, 0.25) is 0 Å². The summed E-state index contributed by atoms with van der Waals surface area (Å²) in [6.07, 6.45) is 8.35. The summed E-state index contributed by atoms with van der Waals surface area (Å²) in [5.41, 5.74) is 0. The van der Waals surface area contributed by atoms with Crippen molar-refractivity contribution in [2.75, 3.05) is 44.2 Å². The fourth-order valence-corrected chi connectivity index (χ4v) is 9.02. The molecule has 35 heavy (non-hydrogen) atoms. The first-order valence-corrected chi connectivity index (χ1v) is 14.6. The normalized spacial score (nSPS) is 35.4. The van der Waals surface area contributed by atoms with Crippen LogP contribution in [0.5, 0.6) is 0 Å². The Labute approximate surface area is 211 Å². The summed E-state index contributed by atoms with van der Waals surface area (Å²) in [5, 5.41) is 1.27. The fraction of sp³-hybridized carbons (Fsp3) is 0.679. The van der Waals surface area contributed by atoms with Crippen molar-refractivity contribution in [1.29, 1.82) is 0 Å². The Morgan fingerprint density at radius 1 is 0.829 bits per heavy atom. The summed E-state index contributed by atoms with van der Waals surface area (Å²) < 4.78 is 6.02. The monoisotopic (exact) mass is 492 g/mol. The number of rotatable bonds is 5. The van der Waals surface area contributed by atoms with Crippen LogP contribution in [0, 0.1) is 35.5 Å². The van der Waals surface area contributed by atoms with E-state index in [2.05, 4.69) is 34.1 Å². The summed E-state index contributed by atoms with van der Waals surface area (Å²) >= 11 is 1.60. The predicted octanol–water partition coefficient (Wildman–Crippen LogP) is 4.26. The zero-order valence-corrected chi connectivity index (χ0v) is 21.3. The Kier molecular flexibility index (Phi) is 5.61. The van der Waals surface area contributed by atoms with E-state index < -0.39 is 0 Å². The molecule has 2 bridgehead atoms. The molecule has 0 radical (unpaired) electrons. The quantitative estimate of drug-likeness (QED) is 0.584. The first-order valence-electron chi connectivity index (χ1n) is 13.8. The minimum atomic E-state index is 0.0261. The predicted molar refractivity (Wildman–Crippen MR) is 138 cm³/mol. The van der Waals surface area contributed by atoms with Crippen molar-refractivity contribution in [1.82, 2.24) is 14.2 Å². The highest BCUT2D eigenvalue weighted by atomic mass is 32.1. The molecule has 186 valence electrons. The molecule has 5 aliphatic rings. The highest BCUT2D eigenvalue weighted by Gasteiger charge is 2.61. The lowest BCUT2D eigenvalue weighted by Gasteiger charge is -2.40. The summed E-state index contributed by atoms with van der Waals surface area (Å²) in [4.78, 5) is 33.4. The minimum absolute atomic E-state index is 0.0261. The summed E-state index contributed by atoms with van der Waals surface area (Å²) in [6, 6.07) is 8.54. The van der Waals surface area contributed by atoms with Crippen molar-refractivity contribution in [2.24, 2.45) is 35.5 Å². The zero-order valence-electron chi connectivity index (χ0n) is 20.5. The van der Waals surface area contributed by atoms with E-state index in [1.54, 1.807) is 16.4 Å². The van der Waals surface area contributed by atoms with Crippen LogP contribution in [0.4, 0.5) is 5.82 Å². The van der Waals surface area contributed by atoms with Gasteiger partial charge in [0, 0.05) is 44.7 Å². The molecule has 2 aliphatic heterocycles. The van der Waals surface area contributed by atoms with Gasteiger partial charge in [0.1, 0.15) is 5.82 Å². The van der Waals surface area contributed by atoms with Crippen molar-refractivity contribution >= 4 is 39.3 Å². The number of fused-ring (bicyclic) bond motifs is 6. The Bertz CT molecular complexity index is 1100. The third kappa shape index (κ3) is 3.72. The smallest absolute Gasteiger partial charge is 0.233 e.